The van der Waals surface area contributed by atoms with Gasteiger partial charge in [-0.2, -0.15) is 0 Å². The summed E-state index contributed by atoms with van der Waals surface area (Å²) >= 11 is 0. The summed E-state index contributed by atoms with van der Waals surface area (Å²) in [4.78, 5) is 36.2. The van der Waals surface area contributed by atoms with Gasteiger partial charge < -0.3 is 19.9 Å². The van der Waals surface area contributed by atoms with Crippen LogP contribution in [0, 0.1) is 0 Å². The van der Waals surface area contributed by atoms with Gasteiger partial charge in [0, 0.05) is 19.9 Å². The van der Waals surface area contributed by atoms with Crippen molar-refractivity contribution in [2.45, 2.75) is 103 Å². The SMILES string of the molecule is CCCCCC(NC(=O)CN(C)CCOC(C)=O)C(O)C/C=C/CCCCCCCC(=O)OC. The number of amides is 1. The molecule has 8 nitrogen and oxygen atoms in total. The smallest absolute Gasteiger partial charge is 0.305 e. The highest BCUT2D eigenvalue weighted by atomic mass is 16.5. The predicted molar refractivity (Wildman–Crippen MR) is 134 cm³/mol. The Kier molecular flexibility index (Phi) is 20.4. The Bertz CT molecular complexity index is 582. The molecule has 0 radical (unpaired) electrons. The summed E-state index contributed by atoms with van der Waals surface area (Å²) in [6, 6.07) is -0.277. The van der Waals surface area contributed by atoms with Gasteiger partial charge in [0.15, 0.2) is 0 Å². The maximum atomic E-state index is 12.5. The molecule has 0 aliphatic carbocycles. The zero-order valence-electron chi connectivity index (χ0n) is 21.9. The van der Waals surface area contributed by atoms with Crippen molar-refractivity contribution >= 4 is 17.8 Å². The molecule has 0 aromatic rings. The van der Waals surface area contributed by atoms with E-state index in [1.54, 1.807) is 11.9 Å². The molecule has 0 bridgehead atoms. The average Bonchev–Trinajstić information content (AvgIpc) is 2.78. The third-order valence-electron chi connectivity index (χ3n) is 5.64. The van der Waals surface area contributed by atoms with Crippen LogP contribution in [0.2, 0.25) is 0 Å². The number of hydrogen-bond donors (Lipinski definition) is 2. The summed E-state index contributed by atoms with van der Waals surface area (Å²) in [6.45, 7) is 4.40. The topological polar surface area (TPSA) is 105 Å². The van der Waals surface area contributed by atoms with Crippen LogP contribution >= 0.6 is 0 Å². The molecule has 1 amide bonds. The van der Waals surface area contributed by atoms with Crippen LogP contribution in [0.3, 0.4) is 0 Å². The summed E-state index contributed by atoms with van der Waals surface area (Å²) in [7, 11) is 3.22. The van der Waals surface area contributed by atoms with Crippen LogP contribution in [0.25, 0.3) is 0 Å². The standard InChI is InChI=1S/C26H48N2O6/c1-5-6-13-16-23(27-25(31)21-28(3)19-20-34-22(2)29)24(30)17-14-11-9-7-8-10-12-15-18-26(32)33-4/h11,14,23-24,30H,5-10,12-13,15-21H2,1-4H3,(H,27,31)/b14-11+. The maximum absolute atomic E-state index is 12.5. The Morgan fingerprint density at radius 3 is 2.41 bits per heavy atom. The van der Waals surface area contributed by atoms with Gasteiger partial charge in [-0.3, -0.25) is 19.3 Å². The zero-order chi connectivity index (χ0) is 25.6. The van der Waals surface area contributed by atoms with E-state index in [0.717, 1.165) is 64.2 Å². The molecule has 0 saturated heterocycles. The second kappa shape index (κ2) is 21.6. The van der Waals surface area contributed by atoms with Gasteiger partial charge in [0.2, 0.25) is 5.91 Å². The fourth-order valence-electron chi connectivity index (χ4n) is 3.58. The first-order valence-electron chi connectivity index (χ1n) is 12.8. The fraction of sp³-hybridized carbons (Fsp3) is 0.808. The van der Waals surface area contributed by atoms with Crippen molar-refractivity contribution in [1.29, 1.82) is 0 Å². The van der Waals surface area contributed by atoms with E-state index in [0.29, 0.717) is 19.4 Å². The highest BCUT2D eigenvalue weighted by Gasteiger charge is 2.20. The predicted octanol–water partition coefficient (Wildman–Crippen LogP) is 3.76. The van der Waals surface area contributed by atoms with Gasteiger partial charge in [0.25, 0.3) is 0 Å². The van der Waals surface area contributed by atoms with E-state index in [-0.39, 0.29) is 37.0 Å². The molecule has 0 spiro atoms. The normalized spacial score (nSPS) is 13.1. The van der Waals surface area contributed by atoms with Crippen molar-refractivity contribution in [2.24, 2.45) is 0 Å². The molecule has 0 aromatic carbocycles. The van der Waals surface area contributed by atoms with Gasteiger partial charge in [0.1, 0.15) is 6.61 Å². The minimum Gasteiger partial charge on any atom is -0.469 e. The monoisotopic (exact) mass is 484 g/mol. The van der Waals surface area contributed by atoms with Crippen molar-refractivity contribution < 1.29 is 29.0 Å². The Labute approximate surface area is 206 Å². The third kappa shape index (κ3) is 19.5. The summed E-state index contributed by atoms with van der Waals surface area (Å²) in [5.41, 5.74) is 0. The number of nitrogens with one attached hydrogen (secondary N) is 1. The van der Waals surface area contributed by atoms with Crippen LogP contribution in [0.1, 0.15) is 90.9 Å². The number of aliphatic hydroxyl groups is 1. The molecule has 0 rings (SSSR count). The highest BCUT2D eigenvalue weighted by molar-refractivity contribution is 5.78. The number of nitrogens with zero attached hydrogens (tertiary/aromatic N) is 1. The van der Waals surface area contributed by atoms with E-state index < -0.39 is 6.10 Å². The lowest BCUT2D eigenvalue weighted by atomic mass is 10.00. The molecule has 0 fully saturated rings. The maximum Gasteiger partial charge on any atom is 0.305 e. The molecule has 34 heavy (non-hydrogen) atoms. The number of rotatable bonds is 21. The van der Waals surface area contributed by atoms with Gasteiger partial charge in [-0.05, 0) is 39.2 Å². The van der Waals surface area contributed by atoms with Crippen molar-refractivity contribution in [2.75, 3.05) is 33.9 Å². The number of esters is 2. The molecular formula is C26H48N2O6. The number of unbranched alkanes of at least 4 members (excludes halogenated alkanes) is 7. The number of carbonyl (C=O) groups is 3. The Balaban J connectivity index is 4.26. The van der Waals surface area contributed by atoms with Gasteiger partial charge >= 0.3 is 11.9 Å². The molecule has 2 atom stereocenters. The Morgan fingerprint density at radius 1 is 1.03 bits per heavy atom. The van der Waals surface area contributed by atoms with Crippen molar-refractivity contribution in [3.05, 3.63) is 12.2 Å². The number of methoxy groups -OCH3 is 1. The molecule has 0 saturated carbocycles. The van der Waals surface area contributed by atoms with Crippen LogP contribution in [-0.4, -0.2) is 73.9 Å². The van der Waals surface area contributed by atoms with Crippen LogP contribution in [0.15, 0.2) is 12.2 Å². The zero-order valence-corrected chi connectivity index (χ0v) is 21.9. The number of carbonyl (C=O) groups excluding carboxylic acids is 3. The Hall–Kier alpha value is -1.93. The van der Waals surface area contributed by atoms with Crippen LogP contribution in [0.5, 0.6) is 0 Å². The van der Waals surface area contributed by atoms with Gasteiger partial charge in [-0.15, -0.1) is 0 Å². The van der Waals surface area contributed by atoms with Crippen molar-refractivity contribution in [1.82, 2.24) is 10.2 Å². The third-order valence-corrected chi connectivity index (χ3v) is 5.64. The molecule has 2 unspecified atom stereocenters. The van der Waals surface area contributed by atoms with E-state index in [4.69, 9.17) is 4.74 Å². The van der Waals surface area contributed by atoms with Crippen LogP contribution in [-0.2, 0) is 23.9 Å². The minimum atomic E-state index is -0.623. The molecule has 198 valence electrons. The minimum absolute atomic E-state index is 0.137. The lowest BCUT2D eigenvalue weighted by molar-refractivity contribution is -0.142. The van der Waals surface area contributed by atoms with E-state index in [2.05, 4.69) is 23.1 Å². The average molecular weight is 485 g/mol. The molecule has 0 aromatic heterocycles. The molecule has 2 N–H and O–H groups in total. The lowest BCUT2D eigenvalue weighted by Crippen LogP contribution is -2.47. The number of allylic oxidation sites excluding steroid dienone is 1. The van der Waals surface area contributed by atoms with Gasteiger partial charge in [-0.1, -0.05) is 57.6 Å². The molecule has 0 heterocycles. The number of likely N-dealkylation sites (N-methyl/N-ethyl adjacent to an activating group) is 1. The van der Waals surface area contributed by atoms with Gasteiger partial charge in [0.05, 0.1) is 25.8 Å². The largest absolute Gasteiger partial charge is 0.469 e. The van der Waals surface area contributed by atoms with Gasteiger partial charge in [-0.25, -0.2) is 0 Å². The molecule has 0 aliphatic rings. The fourth-order valence-corrected chi connectivity index (χ4v) is 3.58. The molecular weight excluding hydrogens is 436 g/mol. The van der Waals surface area contributed by atoms with E-state index in [1.165, 1.54) is 14.0 Å². The van der Waals surface area contributed by atoms with E-state index in [1.807, 2.05) is 6.08 Å². The van der Waals surface area contributed by atoms with E-state index in [9.17, 15) is 19.5 Å². The summed E-state index contributed by atoms with van der Waals surface area (Å²) in [5.74, 6) is -0.611. The summed E-state index contributed by atoms with van der Waals surface area (Å²) < 4.78 is 9.55. The number of ether oxygens (including phenoxy) is 2. The second-order valence-electron chi connectivity index (χ2n) is 8.90. The lowest BCUT2D eigenvalue weighted by Gasteiger charge is -2.25. The highest BCUT2D eigenvalue weighted by Crippen LogP contribution is 2.12. The quantitative estimate of drug-likeness (QED) is 0.145. The van der Waals surface area contributed by atoms with Crippen molar-refractivity contribution in [3.63, 3.8) is 0 Å². The van der Waals surface area contributed by atoms with E-state index >= 15 is 0 Å². The summed E-state index contributed by atoms with van der Waals surface area (Å²) in [6.07, 6.45) is 14.5. The Morgan fingerprint density at radius 2 is 1.74 bits per heavy atom. The van der Waals surface area contributed by atoms with Crippen LogP contribution in [0.4, 0.5) is 0 Å². The van der Waals surface area contributed by atoms with Crippen LogP contribution < -0.4 is 5.32 Å². The first kappa shape index (κ1) is 32.1. The first-order chi connectivity index (χ1) is 16.3. The second-order valence-corrected chi connectivity index (χ2v) is 8.90. The number of hydrogen-bond acceptors (Lipinski definition) is 7. The number of aliphatic hydroxyl groups excluding tert-OH is 1. The summed E-state index contributed by atoms with van der Waals surface area (Å²) in [5, 5.41) is 13.7. The first-order valence-corrected chi connectivity index (χ1v) is 12.8. The molecule has 0 aliphatic heterocycles. The molecule has 8 heteroatoms. The van der Waals surface area contributed by atoms with Crippen molar-refractivity contribution in [3.8, 4) is 0 Å².